The zero-order valence-electron chi connectivity index (χ0n) is 10.9. The number of rotatable bonds is 7. The minimum absolute atomic E-state index is 0.130. The van der Waals surface area contributed by atoms with E-state index in [2.05, 4.69) is 10.0 Å². The summed E-state index contributed by atoms with van der Waals surface area (Å²) in [4.78, 5) is 11.6. The summed E-state index contributed by atoms with van der Waals surface area (Å²) < 4.78 is 24.5. The van der Waals surface area contributed by atoms with Gasteiger partial charge in [-0.05, 0) is 31.0 Å². The van der Waals surface area contributed by atoms with Crippen LogP contribution in [-0.2, 0) is 14.8 Å². The van der Waals surface area contributed by atoms with Crippen LogP contribution >= 0.6 is 23.2 Å². The van der Waals surface area contributed by atoms with E-state index in [1.54, 1.807) is 6.07 Å². The van der Waals surface area contributed by atoms with Gasteiger partial charge in [-0.3, -0.25) is 9.52 Å². The Morgan fingerprint density at radius 3 is 2.55 bits per heavy atom. The van der Waals surface area contributed by atoms with Crippen molar-refractivity contribution in [2.75, 3.05) is 22.2 Å². The number of carbonyl (C=O) groups is 1. The molecule has 20 heavy (non-hydrogen) atoms. The molecule has 1 aromatic rings. The number of hydrogen-bond donors (Lipinski definition) is 2. The molecule has 0 aliphatic rings. The number of carbonyl (C=O) groups excluding carboxylic acids is 1. The van der Waals surface area contributed by atoms with Crippen LogP contribution in [0.3, 0.4) is 0 Å². The van der Waals surface area contributed by atoms with Gasteiger partial charge < -0.3 is 5.32 Å². The summed E-state index contributed by atoms with van der Waals surface area (Å²) in [6.45, 7) is 0. The molecule has 0 bridgehead atoms. The number of unbranched alkanes of at least 4 members (excludes halogenated alkanes) is 1. The molecule has 0 unspecified atom stereocenters. The lowest BCUT2D eigenvalue weighted by molar-refractivity contribution is -0.116. The van der Waals surface area contributed by atoms with Crippen LogP contribution in [0.1, 0.15) is 19.3 Å². The normalized spacial score (nSPS) is 11.2. The van der Waals surface area contributed by atoms with Gasteiger partial charge in [0.05, 0.1) is 17.0 Å². The molecule has 5 nitrogen and oxygen atoms in total. The van der Waals surface area contributed by atoms with E-state index in [1.807, 2.05) is 0 Å². The number of amides is 1. The Kier molecular flexibility index (Phi) is 6.58. The minimum atomic E-state index is -3.38. The zero-order valence-corrected chi connectivity index (χ0v) is 13.3. The third-order valence-electron chi connectivity index (χ3n) is 2.34. The highest BCUT2D eigenvalue weighted by Gasteiger charge is 2.08. The van der Waals surface area contributed by atoms with Crippen molar-refractivity contribution in [3.05, 3.63) is 23.2 Å². The summed E-state index contributed by atoms with van der Waals surface area (Å²) in [5.41, 5.74) is 0.791. The third kappa shape index (κ3) is 6.45. The first-order valence-electron chi connectivity index (χ1n) is 5.95. The van der Waals surface area contributed by atoms with Gasteiger partial charge in [0, 0.05) is 18.0 Å². The molecule has 0 aromatic heterocycles. The van der Waals surface area contributed by atoms with Gasteiger partial charge in [0.15, 0.2) is 0 Å². The lowest BCUT2D eigenvalue weighted by Crippen LogP contribution is -2.12. The number of halogens is 2. The molecular weight excluding hydrogens is 323 g/mol. The van der Waals surface area contributed by atoms with Crippen molar-refractivity contribution in [2.45, 2.75) is 19.3 Å². The SMILES string of the molecule is CS(=O)(=O)Nc1ccc(NC(=O)CCCCCl)cc1Cl. The van der Waals surface area contributed by atoms with E-state index in [1.165, 1.54) is 12.1 Å². The Morgan fingerprint density at radius 2 is 2.00 bits per heavy atom. The second-order valence-corrected chi connectivity index (χ2v) is 6.80. The van der Waals surface area contributed by atoms with Crippen LogP contribution in [0.4, 0.5) is 11.4 Å². The molecule has 0 spiro atoms. The van der Waals surface area contributed by atoms with Crippen molar-refractivity contribution in [3.8, 4) is 0 Å². The molecule has 0 aliphatic carbocycles. The fraction of sp³-hybridized carbons (Fsp3) is 0.417. The summed E-state index contributed by atoms with van der Waals surface area (Å²) in [6.07, 6.45) is 2.92. The Balaban J connectivity index is 2.65. The van der Waals surface area contributed by atoms with E-state index in [0.29, 0.717) is 18.0 Å². The lowest BCUT2D eigenvalue weighted by Gasteiger charge is -2.09. The standard InChI is InChI=1S/C12H16Cl2N2O3S/c1-20(18,19)16-11-6-5-9(8-10(11)14)15-12(17)4-2-3-7-13/h5-6,8,16H,2-4,7H2,1H3,(H,15,17). The highest BCUT2D eigenvalue weighted by atomic mass is 35.5. The number of sulfonamides is 1. The Labute approximate surface area is 128 Å². The zero-order chi connectivity index (χ0) is 15.2. The maximum atomic E-state index is 11.6. The predicted octanol–water partition coefficient (Wildman–Crippen LogP) is 3.06. The number of anilines is 2. The topological polar surface area (TPSA) is 75.3 Å². The molecular formula is C12H16Cl2N2O3S. The molecule has 0 radical (unpaired) electrons. The fourth-order valence-corrected chi connectivity index (χ4v) is 2.53. The highest BCUT2D eigenvalue weighted by molar-refractivity contribution is 7.92. The van der Waals surface area contributed by atoms with Crippen LogP contribution in [0.25, 0.3) is 0 Å². The fourth-order valence-electron chi connectivity index (χ4n) is 1.48. The van der Waals surface area contributed by atoms with E-state index < -0.39 is 10.0 Å². The van der Waals surface area contributed by atoms with Crippen LogP contribution in [0.5, 0.6) is 0 Å². The molecule has 1 amide bonds. The monoisotopic (exact) mass is 338 g/mol. The minimum Gasteiger partial charge on any atom is -0.326 e. The average molecular weight is 339 g/mol. The van der Waals surface area contributed by atoms with Gasteiger partial charge in [0.25, 0.3) is 0 Å². The van der Waals surface area contributed by atoms with Crippen molar-refractivity contribution in [3.63, 3.8) is 0 Å². The van der Waals surface area contributed by atoms with E-state index in [-0.39, 0.29) is 16.6 Å². The van der Waals surface area contributed by atoms with Gasteiger partial charge in [0.2, 0.25) is 15.9 Å². The molecule has 0 aliphatic heterocycles. The van der Waals surface area contributed by atoms with E-state index >= 15 is 0 Å². The van der Waals surface area contributed by atoms with Crippen LogP contribution in [-0.4, -0.2) is 26.5 Å². The number of alkyl halides is 1. The van der Waals surface area contributed by atoms with E-state index in [4.69, 9.17) is 23.2 Å². The molecule has 1 rings (SSSR count). The first kappa shape index (κ1) is 17.1. The Bertz CT molecular complexity index is 576. The largest absolute Gasteiger partial charge is 0.326 e. The number of hydrogen-bond acceptors (Lipinski definition) is 3. The third-order valence-corrected chi connectivity index (χ3v) is 3.51. The Hall–Kier alpha value is -0.980. The molecule has 0 fully saturated rings. The van der Waals surface area contributed by atoms with Crippen molar-refractivity contribution in [2.24, 2.45) is 0 Å². The van der Waals surface area contributed by atoms with Gasteiger partial charge in [-0.15, -0.1) is 11.6 Å². The first-order valence-corrected chi connectivity index (χ1v) is 8.75. The quantitative estimate of drug-likeness (QED) is 0.592. The maximum absolute atomic E-state index is 11.6. The van der Waals surface area contributed by atoms with Crippen LogP contribution < -0.4 is 10.0 Å². The van der Waals surface area contributed by atoms with E-state index in [9.17, 15) is 13.2 Å². The van der Waals surface area contributed by atoms with E-state index in [0.717, 1.165) is 19.1 Å². The second-order valence-electron chi connectivity index (χ2n) is 4.26. The van der Waals surface area contributed by atoms with Gasteiger partial charge in [-0.1, -0.05) is 11.6 Å². The van der Waals surface area contributed by atoms with Gasteiger partial charge in [0.1, 0.15) is 0 Å². The van der Waals surface area contributed by atoms with Gasteiger partial charge in [-0.2, -0.15) is 0 Å². The second kappa shape index (κ2) is 7.71. The molecule has 0 heterocycles. The molecule has 1 aromatic carbocycles. The van der Waals surface area contributed by atoms with Crippen molar-refractivity contribution in [1.29, 1.82) is 0 Å². The Morgan fingerprint density at radius 1 is 1.30 bits per heavy atom. The summed E-state index contributed by atoms with van der Waals surface area (Å²) in [6, 6.07) is 4.57. The molecule has 0 saturated carbocycles. The average Bonchev–Trinajstić information content (AvgIpc) is 2.31. The summed E-state index contributed by atoms with van der Waals surface area (Å²) >= 11 is 11.5. The molecule has 2 N–H and O–H groups in total. The molecule has 0 saturated heterocycles. The van der Waals surface area contributed by atoms with Crippen LogP contribution in [0.2, 0.25) is 5.02 Å². The number of nitrogens with one attached hydrogen (secondary N) is 2. The van der Waals surface area contributed by atoms with Gasteiger partial charge >= 0.3 is 0 Å². The first-order chi connectivity index (χ1) is 9.31. The summed E-state index contributed by atoms with van der Waals surface area (Å²) in [5.74, 6) is 0.403. The van der Waals surface area contributed by atoms with Gasteiger partial charge in [-0.25, -0.2) is 8.42 Å². The molecule has 0 atom stereocenters. The summed E-state index contributed by atoms with van der Waals surface area (Å²) in [5, 5.41) is 2.90. The maximum Gasteiger partial charge on any atom is 0.229 e. The smallest absolute Gasteiger partial charge is 0.229 e. The van der Waals surface area contributed by atoms with Crippen LogP contribution in [0.15, 0.2) is 18.2 Å². The lowest BCUT2D eigenvalue weighted by atomic mass is 10.2. The number of benzene rings is 1. The van der Waals surface area contributed by atoms with Crippen LogP contribution in [0, 0.1) is 0 Å². The summed E-state index contributed by atoms with van der Waals surface area (Å²) in [7, 11) is -3.38. The molecule has 8 heteroatoms. The predicted molar refractivity (Wildman–Crippen MR) is 83.1 cm³/mol. The van der Waals surface area contributed by atoms with Crippen molar-refractivity contribution in [1.82, 2.24) is 0 Å². The van der Waals surface area contributed by atoms with Crippen molar-refractivity contribution < 1.29 is 13.2 Å². The highest BCUT2D eigenvalue weighted by Crippen LogP contribution is 2.26. The molecule has 112 valence electrons. The van der Waals surface area contributed by atoms with Crippen molar-refractivity contribution >= 4 is 50.5 Å².